The fourth-order valence-corrected chi connectivity index (χ4v) is 2.35. The van der Waals surface area contributed by atoms with Gasteiger partial charge in [0, 0.05) is 13.1 Å². The maximum Gasteiger partial charge on any atom is 0.0809 e. The molecule has 2 atom stereocenters. The molecular weight excluding hydrogens is 138 g/mol. The van der Waals surface area contributed by atoms with Gasteiger partial charge in [0.05, 0.1) is 12.2 Å². The first-order valence-electron chi connectivity index (χ1n) is 4.65. The van der Waals surface area contributed by atoms with E-state index in [2.05, 4.69) is 12.2 Å². The summed E-state index contributed by atoms with van der Waals surface area (Å²) in [5.41, 5.74) is 0.234. The highest BCUT2D eigenvalue weighted by atomic mass is 16.5. The highest BCUT2D eigenvalue weighted by Gasteiger charge is 2.39. The normalized spacial score (nSPS) is 45.0. The maximum atomic E-state index is 5.83. The Balaban J connectivity index is 1.98. The quantitative estimate of drug-likeness (QED) is 0.567. The number of nitrogens with one attached hydrogen (secondary N) is 1. The average Bonchev–Trinajstić information content (AvgIpc) is 2.34. The smallest absolute Gasteiger partial charge is 0.0809 e. The largest absolute Gasteiger partial charge is 0.372 e. The molecule has 11 heavy (non-hydrogen) atoms. The Bertz CT molecular complexity index is 135. The predicted octanol–water partition coefficient (Wildman–Crippen LogP) is 1.17. The summed E-state index contributed by atoms with van der Waals surface area (Å²) < 4.78 is 5.83. The standard InChI is InChI=1S/C9H17NO/c1-8-2-3-9(6-8)7-10-4-5-11-9/h8,10H,2-7H2,1H3. The fraction of sp³-hybridized carbons (Fsp3) is 1.00. The van der Waals surface area contributed by atoms with Crippen molar-refractivity contribution in [2.24, 2.45) is 5.92 Å². The number of ether oxygens (including phenoxy) is 1. The van der Waals surface area contributed by atoms with Crippen LogP contribution >= 0.6 is 0 Å². The number of rotatable bonds is 0. The minimum atomic E-state index is 0.234. The van der Waals surface area contributed by atoms with E-state index in [-0.39, 0.29) is 5.60 Å². The van der Waals surface area contributed by atoms with Crippen LogP contribution < -0.4 is 5.32 Å². The Morgan fingerprint density at radius 1 is 1.55 bits per heavy atom. The van der Waals surface area contributed by atoms with Crippen LogP contribution in [0.25, 0.3) is 0 Å². The molecule has 1 spiro atoms. The molecule has 2 fully saturated rings. The zero-order valence-corrected chi connectivity index (χ0v) is 7.23. The van der Waals surface area contributed by atoms with Gasteiger partial charge in [0.25, 0.3) is 0 Å². The van der Waals surface area contributed by atoms with Crippen LogP contribution in [0.1, 0.15) is 26.2 Å². The van der Waals surface area contributed by atoms with Crippen molar-refractivity contribution < 1.29 is 4.74 Å². The van der Waals surface area contributed by atoms with Gasteiger partial charge in [-0.3, -0.25) is 0 Å². The monoisotopic (exact) mass is 155 g/mol. The van der Waals surface area contributed by atoms with E-state index in [0.29, 0.717) is 0 Å². The second-order valence-electron chi connectivity index (χ2n) is 4.06. The number of hydrogen-bond donors (Lipinski definition) is 1. The SMILES string of the molecule is CC1CCC2(CNCCO2)C1. The average molecular weight is 155 g/mol. The summed E-state index contributed by atoms with van der Waals surface area (Å²) in [5, 5.41) is 3.41. The van der Waals surface area contributed by atoms with Crippen molar-refractivity contribution in [1.29, 1.82) is 0 Å². The summed E-state index contributed by atoms with van der Waals surface area (Å²) in [5.74, 6) is 0.870. The lowest BCUT2D eigenvalue weighted by atomic mass is 9.99. The van der Waals surface area contributed by atoms with E-state index in [4.69, 9.17) is 4.74 Å². The topological polar surface area (TPSA) is 21.3 Å². The molecular formula is C9H17NO. The van der Waals surface area contributed by atoms with Crippen LogP contribution in [-0.4, -0.2) is 25.3 Å². The summed E-state index contributed by atoms with van der Waals surface area (Å²) in [6.45, 7) is 5.35. The Morgan fingerprint density at radius 3 is 3.00 bits per heavy atom. The lowest BCUT2D eigenvalue weighted by Crippen LogP contribution is -2.48. The van der Waals surface area contributed by atoms with E-state index in [1.54, 1.807) is 0 Å². The molecule has 64 valence electrons. The summed E-state index contributed by atoms with van der Waals surface area (Å²) in [7, 11) is 0. The molecule has 0 radical (unpaired) electrons. The fourth-order valence-electron chi connectivity index (χ4n) is 2.35. The van der Waals surface area contributed by atoms with E-state index in [9.17, 15) is 0 Å². The highest BCUT2D eigenvalue weighted by molar-refractivity contribution is 4.93. The molecule has 1 N–H and O–H groups in total. The summed E-state index contributed by atoms with van der Waals surface area (Å²) >= 11 is 0. The Kier molecular flexibility index (Phi) is 1.90. The van der Waals surface area contributed by atoms with Crippen LogP contribution in [-0.2, 0) is 4.74 Å². The second kappa shape index (κ2) is 2.76. The molecule has 2 unspecified atom stereocenters. The third kappa shape index (κ3) is 1.42. The van der Waals surface area contributed by atoms with Crippen molar-refractivity contribution in [2.45, 2.75) is 31.8 Å². The van der Waals surface area contributed by atoms with Crippen LogP contribution in [0, 0.1) is 5.92 Å². The van der Waals surface area contributed by atoms with E-state index >= 15 is 0 Å². The van der Waals surface area contributed by atoms with Gasteiger partial charge in [-0.25, -0.2) is 0 Å². The highest BCUT2D eigenvalue weighted by Crippen LogP contribution is 2.37. The van der Waals surface area contributed by atoms with Crippen LogP contribution in [0.2, 0.25) is 0 Å². The van der Waals surface area contributed by atoms with Crippen molar-refractivity contribution in [3.8, 4) is 0 Å². The molecule has 0 bridgehead atoms. The molecule has 2 rings (SSSR count). The third-order valence-corrected chi connectivity index (χ3v) is 2.95. The van der Waals surface area contributed by atoms with Crippen LogP contribution in [0.5, 0.6) is 0 Å². The molecule has 1 saturated heterocycles. The molecule has 2 heteroatoms. The van der Waals surface area contributed by atoms with Crippen molar-refractivity contribution >= 4 is 0 Å². The summed E-state index contributed by atoms with van der Waals surface area (Å²) in [6.07, 6.45) is 3.88. The van der Waals surface area contributed by atoms with E-state index in [1.807, 2.05) is 0 Å². The molecule has 2 nitrogen and oxygen atoms in total. The molecule has 0 aromatic carbocycles. The number of morpholine rings is 1. The zero-order valence-electron chi connectivity index (χ0n) is 7.23. The molecule has 2 aliphatic rings. The zero-order chi connectivity index (χ0) is 7.73. The minimum Gasteiger partial charge on any atom is -0.372 e. The Labute approximate surface area is 68.3 Å². The van der Waals surface area contributed by atoms with E-state index in [1.165, 1.54) is 19.3 Å². The lowest BCUT2D eigenvalue weighted by Gasteiger charge is -2.34. The minimum absolute atomic E-state index is 0.234. The van der Waals surface area contributed by atoms with Crippen LogP contribution in [0.4, 0.5) is 0 Å². The lowest BCUT2D eigenvalue weighted by molar-refractivity contribution is -0.0625. The van der Waals surface area contributed by atoms with Gasteiger partial charge in [-0.2, -0.15) is 0 Å². The second-order valence-corrected chi connectivity index (χ2v) is 4.06. The van der Waals surface area contributed by atoms with Gasteiger partial charge in [-0.05, 0) is 25.2 Å². The molecule has 1 saturated carbocycles. The molecule has 1 aliphatic heterocycles. The first kappa shape index (κ1) is 7.56. The maximum absolute atomic E-state index is 5.83. The van der Waals surface area contributed by atoms with Crippen molar-refractivity contribution in [3.63, 3.8) is 0 Å². The van der Waals surface area contributed by atoms with Crippen LogP contribution in [0.15, 0.2) is 0 Å². The van der Waals surface area contributed by atoms with Gasteiger partial charge in [0.15, 0.2) is 0 Å². The van der Waals surface area contributed by atoms with Gasteiger partial charge in [0.1, 0.15) is 0 Å². The van der Waals surface area contributed by atoms with E-state index < -0.39 is 0 Å². The van der Waals surface area contributed by atoms with Gasteiger partial charge in [-0.1, -0.05) is 6.92 Å². The van der Waals surface area contributed by atoms with Gasteiger partial charge < -0.3 is 10.1 Å². The first-order valence-corrected chi connectivity index (χ1v) is 4.65. The van der Waals surface area contributed by atoms with Crippen molar-refractivity contribution in [3.05, 3.63) is 0 Å². The van der Waals surface area contributed by atoms with Crippen LogP contribution in [0.3, 0.4) is 0 Å². The van der Waals surface area contributed by atoms with Crippen molar-refractivity contribution in [2.75, 3.05) is 19.7 Å². The van der Waals surface area contributed by atoms with Gasteiger partial charge in [0.2, 0.25) is 0 Å². The van der Waals surface area contributed by atoms with Crippen molar-refractivity contribution in [1.82, 2.24) is 5.32 Å². The summed E-state index contributed by atoms with van der Waals surface area (Å²) in [4.78, 5) is 0. The predicted molar refractivity (Wildman–Crippen MR) is 44.6 cm³/mol. The van der Waals surface area contributed by atoms with Gasteiger partial charge in [-0.15, -0.1) is 0 Å². The number of hydrogen-bond acceptors (Lipinski definition) is 2. The summed E-state index contributed by atoms with van der Waals surface area (Å²) in [6, 6.07) is 0. The Morgan fingerprint density at radius 2 is 2.45 bits per heavy atom. The van der Waals surface area contributed by atoms with Gasteiger partial charge >= 0.3 is 0 Å². The molecule has 0 amide bonds. The molecule has 0 aromatic heterocycles. The first-order chi connectivity index (χ1) is 5.31. The Hall–Kier alpha value is -0.0800. The third-order valence-electron chi connectivity index (χ3n) is 2.95. The van der Waals surface area contributed by atoms with E-state index in [0.717, 1.165) is 25.6 Å². The molecule has 1 aliphatic carbocycles. The molecule has 0 aromatic rings. The molecule has 1 heterocycles.